The van der Waals surface area contributed by atoms with Crippen LogP contribution in [-0.4, -0.2) is 26.7 Å². The van der Waals surface area contributed by atoms with Crippen molar-refractivity contribution in [3.8, 4) is 0 Å². The number of benzene rings is 1. The summed E-state index contributed by atoms with van der Waals surface area (Å²) in [5.74, 6) is 0.163. The number of carbonyl (C=O) groups excluding carboxylic acids is 1. The monoisotopic (exact) mass is 311 g/mol. The van der Waals surface area contributed by atoms with E-state index in [-0.39, 0.29) is 22.3 Å². The Morgan fingerprint density at radius 1 is 1.19 bits per heavy atom. The number of sulfone groups is 1. The van der Waals surface area contributed by atoms with Gasteiger partial charge in [0.05, 0.1) is 10.5 Å². The van der Waals surface area contributed by atoms with E-state index in [0.717, 1.165) is 31.9 Å². The van der Waals surface area contributed by atoms with Gasteiger partial charge in [-0.3, -0.25) is 0 Å². The van der Waals surface area contributed by atoms with E-state index in [1.165, 1.54) is 18.2 Å². The molecule has 1 aliphatic carbocycles. The molecule has 0 heterocycles. The van der Waals surface area contributed by atoms with Gasteiger partial charge >= 0.3 is 5.97 Å². The molecule has 2 rings (SSSR count). The van der Waals surface area contributed by atoms with Crippen molar-refractivity contribution in [2.75, 3.05) is 12.0 Å². The SMILES string of the molecule is CC1CCC(OC(=O)c2cc(N)cc(S(C)(=O)=O)c2)CC1. The Morgan fingerprint density at radius 3 is 2.38 bits per heavy atom. The van der Waals surface area contributed by atoms with Crippen molar-refractivity contribution < 1.29 is 17.9 Å². The minimum Gasteiger partial charge on any atom is -0.459 e. The maximum Gasteiger partial charge on any atom is 0.338 e. The molecule has 0 spiro atoms. The van der Waals surface area contributed by atoms with Gasteiger partial charge in [-0.1, -0.05) is 6.92 Å². The predicted octanol–water partition coefficient (Wildman–Crippen LogP) is 2.41. The molecule has 2 N–H and O–H groups in total. The van der Waals surface area contributed by atoms with Gasteiger partial charge in [-0.2, -0.15) is 0 Å². The van der Waals surface area contributed by atoms with Crippen LogP contribution in [-0.2, 0) is 14.6 Å². The number of nitrogens with two attached hydrogens (primary N) is 1. The Kier molecular flexibility index (Phi) is 4.56. The molecule has 0 aliphatic heterocycles. The molecule has 1 aromatic rings. The van der Waals surface area contributed by atoms with E-state index in [0.29, 0.717) is 5.92 Å². The van der Waals surface area contributed by atoms with E-state index < -0.39 is 15.8 Å². The molecule has 0 atom stereocenters. The van der Waals surface area contributed by atoms with Crippen LogP contribution in [0.1, 0.15) is 43.0 Å². The molecule has 1 aliphatic rings. The Morgan fingerprint density at radius 2 is 1.81 bits per heavy atom. The average molecular weight is 311 g/mol. The molecule has 6 heteroatoms. The van der Waals surface area contributed by atoms with Crippen molar-refractivity contribution in [1.82, 2.24) is 0 Å². The highest BCUT2D eigenvalue weighted by molar-refractivity contribution is 7.90. The van der Waals surface area contributed by atoms with Crippen molar-refractivity contribution in [3.63, 3.8) is 0 Å². The average Bonchev–Trinajstić information content (AvgIpc) is 2.39. The number of esters is 1. The maximum absolute atomic E-state index is 12.2. The first-order chi connectivity index (χ1) is 9.75. The molecule has 21 heavy (non-hydrogen) atoms. The predicted molar refractivity (Wildman–Crippen MR) is 80.8 cm³/mol. The van der Waals surface area contributed by atoms with Crippen LogP contribution in [0.4, 0.5) is 5.69 Å². The number of hydrogen-bond acceptors (Lipinski definition) is 5. The zero-order chi connectivity index (χ0) is 15.6. The third-order valence-corrected chi connectivity index (χ3v) is 4.92. The fourth-order valence-electron chi connectivity index (χ4n) is 2.52. The highest BCUT2D eigenvalue weighted by Gasteiger charge is 2.23. The standard InChI is InChI=1S/C15H21NO4S/c1-10-3-5-13(6-4-10)20-15(17)11-7-12(16)9-14(8-11)21(2,18)19/h7-10,13H,3-6,16H2,1-2H3. The van der Waals surface area contributed by atoms with E-state index in [4.69, 9.17) is 10.5 Å². The zero-order valence-electron chi connectivity index (χ0n) is 12.3. The number of nitrogen functional groups attached to an aromatic ring is 1. The van der Waals surface area contributed by atoms with Crippen LogP contribution in [0.25, 0.3) is 0 Å². The second kappa shape index (κ2) is 6.05. The summed E-state index contributed by atoms with van der Waals surface area (Å²) >= 11 is 0. The van der Waals surface area contributed by atoms with Crippen molar-refractivity contribution in [2.45, 2.75) is 43.6 Å². The molecule has 0 saturated heterocycles. The Hall–Kier alpha value is -1.56. The topological polar surface area (TPSA) is 86.5 Å². The first-order valence-corrected chi connectivity index (χ1v) is 8.96. The molecule has 1 aromatic carbocycles. The molecular weight excluding hydrogens is 290 g/mol. The zero-order valence-corrected chi connectivity index (χ0v) is 13.2. The lowest BCUT2D eigenvalue weighted by Gasteiger charge is -2.26. The minimum absolute atomic E-state index is 0.0340. The first kappa shape index (κ1) is 15.8. The third-order valence-electron chi connectivity index (χ3n) is 3.83. The lowest BCUT2D eigenvalue weighted by atomic mass is 9.89. The highest BCUT2D eigenvalue weighted by atomic mass is 32.2. The van der Waals surface area contributed by atoms with E-state index in [1.54, 1.807) is 0 Å². The van der Waals surface area contributed by atoms with E-state index in [9.17, 15) is 13.2 Å². The number of ether oxygens (including phenoxy) is 1. The van der Waals surface area contributed by atoms with Crippen LogP contribution < -0.4 is 5.73 Å². The first-order valence-electron chi connectivity index (χ1n) is 7.07. The van der Waals surface area contributed by atoms with Gasteiger partial charge in [0.1, 0.15) is 6.10 Å². The van der Waals surface area contributed by atoms with E-state index >= 15 is 0 Å². The van der Waals surface area contributed by atoms with Crippen LogP contribution >= 0.6 is 0 Å². The van der Waals surface area contributed by atoms with Gasteiger partial charge in [0.15, 0.2) is 9.84 Å². The fraction of sp³-hybridized carbons (Fsp3) is 0.533. The molecule has 116 valence electrons. The van der Waals surface area contributed by atoms with Crippen LogP contribution in [0.2, 0.25) is 0 Å². The van der Waals surface area contributed by atoms with Crippen molar-refractivity contribution >= 4 is 21.5 Å². The van der Waals surface area contributed by atoms with Gasteiger partial charge < -0.3 is 10.5 Å². The van der Waals surface area contributed by atoms with Crippen molar-refractivity contribution in [3.05, 3.63) is 23.8 Å². The maximum atomic E-state index is 12.2. The molecule has 0 aromatic heterocycles. The largest absolute Gasteiger partial charge is 0.459 e. The summed E-state index contributed by atoms with van der Waals surface area (Å²) < 4.78 is 28.6. The van der Waals surface area contributed by atoms with Gasteiger partial charge in [0, 0.05) is 11.9 Å². The summed E-state index contributed by atoms with van der Waals surface area (Å²) in [6.45, 7) is 2.19. The van der Waals surface area contributed by atoms with E-state index in [1.807, 2.05) is 0 Å². The molecule has 1 saturated carbocycles. The number of anilines is 1. The molecule has 0 unspecified atom stereocenters. The van der Waals surface area contributed by atoms with Gasteiger partial charge in [0.2, 0.25) is 0 Å². The summed E-state index contributed by atoms with van der Waals surface area (Å²) in [7, 11) is -3.41. The van der Waals surface area contributed by atoms with Gasteiger partial charge in [-0.15, -0.1) is 0 Å². The Balaban J connectivity index is 2.14. The molecule has 0 bridgehead atoms. The Labute approximate surface area is 125 Å². The summed E-state index contributed by atoms with van der Waals surface area (Å²) in [6.07, 6.45) is 4.80. The highest BCUT2D eigenvalue weighted by Crippen LogP contribution is 2.26. The number of hydrogen-bond donors (Lipinski definition) is 1. The quantitative estimate of drug-likeness (QED) is 0.684. The second-order valence-corrected chi connectivity index (χ2v) is 7.87. The number of rotatable bonds is 3. The van der Waals surface area contributed by atoms with E-state index in [2.05, 4.69) is 6.92 Å². The molecule has 0 radical (unpaired) electrons. The summed E-state index contributed by atoms with van der Waals surface area (Å²) in [4.78, 5) is 12.2. The van der Waals surface area contributed by atoms with Gasteiger partial charge in [-0.05, 0) is 49.8 Å². The lowest BCUT2D eigenvalue weighted by Crippen LogP contribution is -2.23. The molecule has 1 fully saturated rings. The molecular formula is C15H21NO4S. The molecule has 5 nitrogen and oxygen atoms in total. The van der Waals surface area contributed by atoms with Crippen LogP contribution in [0, 0.1) is 5.92 Å². The van der Waals surface area contributed by atoms with Crippen molar-refractivity contribution in [1.29, 1.82) is 0 Å². The summed E-state index contributed by atoms with van der Waals surface area (Å²) in [6, 6.07) is 4.11. The smallest absolute Gasteiger partial charge is 0.338 e. The fourth-order valence-corrected chi connectivity index (χ4v) is 3.21. The summed E-state index contributed by atoms with van der Waals surface area (Å²) in [5.41, 5.74) is 6.10. The van der Waals surface area contributed by atoms with Crippen LogP contribution in [0.15, 0.2) is 23.1 Å². The van der Waals surface area contributed by atoms with Gasteiger partial charge in [-0.25, -0.2) is 13.2 Å². The number of carbonyl (C=O) groups is 1. The van der Waals surface area contributed by atoms with Gasteiger partial charge in [0.25, 0.3) is 0 Å². The second-order valence-electron chi connectivity index (χ2n) is 5.85. The minimum atomic E-state index is -3.41. The molecule has 0 amide bonds. The van der Waals surface area contributed by atoms with Crippen molar-refractivity contribution in [2.24, 2.45) is 5.92 Å². The van der Waals surface area contributed by atoms with Crippen LogP contribution in [0.3, 0.4) is 0 Å². The Bertz CT molecular complexity index is 631. The lowest BCUT2D eigenvalue weighted by molar-refractivity contribution is 0.0173. The third kappa shape index (κ3) is 4.20. The van der Waals surface area contributed by atoms with Crippen LogP contribution in [0.5, 0.6) is 0 Å². The summed E-state index contributed by atoms with van der Waals surface area (Å²) in [5, 5.41) is 0. The normalized spacial score (nSPS) is 22.8.